The maximum absolute atomic E-state index is 11.3. The van der Waals surface area contributed by atoms with Gasteiger partial charge < -0.3 is 14.2 Å². The predicted molar refractivity (Wildman–Crippen MR) is 86.0 cm³/mol. The summed E-state index contributed by atoms with van der Waals surface area (Å²) in [6, 6.07) is 12.1. The van der Waals surface area contributed by atoms with E-state index >= 15 is 0 Å². The maximum Gasteiger partial charge on any atom is 0.293 e. The molecule has 0 spiro atoms. The molecule has 0 saturated carbocycles. The van der Waals surface area contributed by atoms with Gasteiger partial charge in [0.1, 0.15) is 12.7 Å². The normalized spacial score (nSPS) is 11.4. The summed E-state index contributed by atoms with van der Waals surface area (Å²) in [5.41, 5.74) is 0.952. The zero-order chi connectivity index (χ0) is 17.5. The Balaban J connectivity index is 2.35. The summed E-state index contributed by atoms with van der Waals surface area (Å²) in [5.74, 6) is 0.572. The molecule has 2 aromatic rings. The molecule has 2 aromatic carbocycles. The molecule has 0 radical (unpaired) electrons. The van der Waals surface area contributed by atoms with Gasteiger partial charge in [-0.1, -0.05) is 30.3 Å². The molecular formula is C17H17NO6. The molecule has 2 rings (SSSR count). The average molecular weight is 331 g/mol. The SMILES string of the molecule is COc1cc([C@@H](C)OC=O)c([N+](=O)[O-])cc1OCc1ccccc1. The van der Waals surface area contributed by atoms with E-state index in [1.165, 1.54) is 19.2 Å². The van der Waals surface area contributed by atoms with Gasteiger partial charge in [-0.15, -0.1) is 0 Å². The van der Waals surface area contributed by atoms with Crippen LogP contribution in [0.1, 0.15) is 24.2 Å². The second-order valence-corrected chi connectivity index (χ2v) is 4.97. The van der Waals surface area contributed by atoms with Crippen molar-refractivity contribution in [1.82, 2.24) is 0 Å². The molecule has 0 heterocycles. The third kappa shape index (κ3) is 4.01. The van der Waals surface area contributed by atoms with Gasteiger partial charge in [-0.25, -0.2) is 0 Å². The molecule has 0 bridgehead atoms. The molecule has 0 saturated heterocycles. The van der Waals surface area contributed by atoms with Crippen LogP contribution < -0.4 is 9.47 Å². The van der Waals surface area contributed by atoms with Gasteiger partial charge in [-0.05, 0) is 18.6 Å². The minimum Gasteiger partial charge on any atom is -0.493 e. The van der Waals surface area contributed by atoms with Crippen LogP contribution in [0.25, 0.3) is 0 Å². The third-order valence-electron chi connectivity index (χ3n) is 3.44. The maximum atomic E-state index is 11.3. The van der Waals surface area contributed by atoms with E-state index in [0.29, 0.717) is 5.75 Å². The zero-order valence-electron chi connectivity index (χ0n) is 13.3. The van der Waals surface area contributed by atoms with Crippen molar-refractivity contribution in [1.29, 1.82) is 0 Å². The lowest BCUT2D eigenvalue weighted by molar-refractivity contribution is -0.386. The quantitative estimate of drug-likeness (QED) is 0.418. The van der Waals surface area contributed by atoms with Gasteiger partial charge in [0.15, 0.2) is 11.5 Å². The van der Waals surface area contributed by atoms with E-state index in [0.717, 1.165) is 5.56 Å². The fraction of sp³-hybridized carbons (Fsp3) is 0.235. The molecule has 0 N–H and O–H groups in total. The second-order valence-electron chi connectivity index (χ2n) is 4.97. The Labute approximate surface area is 138 Å². The first-order valence-electron chi connectivity index (χ1n) is 7.19. The van der Waals surface area contributed by atoms with Crippen LogP contribution in [-0.4, -0.2) is 18.5 Å². The molecule has 0 aromatic heterocycles. The summed E-state index contributed by atoms with van der Waals surface area (Å²) in [7, 11) is 1.44. The fourth-order valence-corrected chi connectivity index (χ4v) is 2.21. The Morgan fingerprint density at radius 2 is 1.92 bits per heavy atom. The molecule has 0 amide bonds. The zero-order valence-corrected chi connectivity index (χ0v) is 13.3. The first-order valence-corrected chi connectivity index (χ1v) is 7.19. The van der Waals surface area contributed by atoms with Crippen molar-refractivity contribution in [2.45, 2.75) is 19.6 Å². The molecule has 0 unspecified atom stereocenters. The highest BCUT2D eigenvalue weighted by Crippen LogP contribution is 2.38. The summed E-state index contributed by atoms with van der Waals surface area (Å²) < 4.78 is 15.7. The molecule has 0 fully saturated rings. The highest BCUT2D eigenvalue weighted by atomic mass is 16.6. The number of benzene rings is 2. The molecule has 24 heavy (non-hydrogen) atoms. The monoisotopic (exact) mass is 331 g/mol. The minimum absolute atomic E-state index is 0.201. The third-order valence-corrected chi connectivity index (χ3v) is 3.44. The number of nitro benzene ring substituents is 1. The van der Waals surface area contributed by atoms with Crippen molar-refractivity contribution in [2.24, 2.45) is 0 Å². The average Bonchev–Trinajstić information content (AvgIpc) is 2.60. The van der Waals surface area contributed by atoms with Crippen LogP contribution in [0.3, 0.4) is 0 Å². The van der Waals surface area contributed by atoms with Gasteiger partial charge >= 0.3 is 0 Å². The van der Waals surface area contributed by atoms with E-state index in [2.05, 4.69) is 0 Å². The van der Waals surface area contributed by atoms with E-state index in [9.17, 15) is 14.9 Å². The Bertz CT molecular complexity index is 717. The van der Waals surface area contributed by atoms with E-state index in [4.69, 9.17) is 14.2 Å². The van der Waals surface area contributed by atoms with Crippen molar-refractivity contribution >= 4 is 12.2 Å². The van der Waals surface area contributed by atoms with Crippen LogP contribution in [0.5, 0.6) is 11.5 Å². The molecule has 1 atom stereocenters. The Kier molecular flexibility index (Phi) is 5.73. The number of rotatable bonds is 8. The number of carbonyl (C=O) groups excluding carboxylic acids is 1. The largest absolute Gasteiger partial charge is 0.493 e. The van der Waals surface area contributed by atoms with Crippen molar-refractivity contribution in [3.63, 3.8) is 0 Å². The number of carbonyl (C=O) groups is 1. The van der Waals surface area contributed by atoms with Crippen LogP contribution in [0.15, 0.2) is 42.5 Å². The number of ether oxygens (including phenoxy) is 3. The first-order chi connectivity index (χ1) is 11.6. The number of hydrogen-bond donors (Lipinski definition) is 0. The Morgan fingerprint density at radius 3 is 2.50 bits per heavy atom. The van der Waals surface area contributed by atoms with E-state index in [1.807, 2.05) is 30.3 Å². The van der Waals surface area contributed by atoms with Crippen molar-refractivity contribution in [2.75, 3.05) is 7.11 Å². The molecule has 0 aliphatic rings. The highest BCUT2D eigenvalue weighted by molar-refractivity contribution is 5.55. The van der Waals surface area contributed by atoms with E-state index in [1.54, 1.807) is 6.92 Å². The summed E-state index contributed by atoms with van der Waals surface area (Å²) in [5, 5.41) is 11.3. The van der Waals surface area contributed by atoms with Gasteiger partial charge in [-0.2, -0.15) is 0 Å². The standard InChI is InChI=1S/C17H17NO6/c1-12(24-11-19)14-8-16(22-2)17(9-15(14)18(20)21)23-10-13-6-4-3-5-7-13/h3-9,11-12H,10H2,1-2H3/t12-/m1/s1. The van der Waals surface area contributed by atoms with Crippen molar-refractivity contribution < 1.29 is 23.9 Å². The molecule has 7 heteroatoms. The molecule has 0 aliphatic heterocycles. The second kappa shape index (κ2) is 7.96. The molecular weight excluding hydrogens is 314 g/mol. The summed E-state index contributed by atoms with van der Waals surface area (Å²) in [6.07, 6.45) is -0.778. The number of nitrogens with zero attached hydrogens (tertiary/aromatic N) is 1. The van der Waals surface area contributed by atoms with Gasteiger partial charge in [0.25, 0.3) is 12.2 Å². The van der Waals surface area contributed by atoms with E-state index < -0.39 is 11.0 Å². The highest BCUT2D eigenvalue weighted by Gasteiger charge is 2.24. The summed E-state index contributed by atoms with van der Waals surface area (Å²) in [6.45, 7) is 2.04. The van der Waals surface area contributed by atoms with Crippen LogP contribution in [-0.2, 0) is 16.1 Å². The van der Waals surface area contributed by atoms with Crippen LogP contribution >= 0.6 is 0 Å². The number of methoxy groups -OCH3 is 1. The lowest BCUT2D eigenvalue weighted by Gasteiger charge is -2.15. The van der Waals surface area contributed by atoms with E-state index in [-0.39, 0.29) is 30.1 Å². The Hall–Kier alpha value is -3.09. The molecule has 0 aliphatic carbocycles. The number of hydrogen-bond acceptors (Lipinski definition) is 6. The van der Waals surface area contributed by atoms with Gasteiger partial charge in [0.2, 0.25) is 0 Å². The van der Waals surface area contributed by atoms with Crippen LogP contribution in [0.4, 0.5) is 5.69 Å². The lowest BCUT2D eigenvalue weighted by atomic mass is 10.1. The van der Waals surface area contributed by atoms with Gasteiger partial charge in [0.05, 0.1) is 23.7 Å². The van der Waals surface area contributed by atoms with Crippen molar-refractivity contribution in [3.05, 3.63) is 63.7 Å². The topological polar surface area (TPSA) is 87.9 Å². The number of nitro groups is 1. The van der Waals surface area contributed by atoms with Crippen LogP contribution in [0, 0.1) is 10.1 Å². The van der Waals surface area contributed by atoms with Gasteiger partial charge in [0, 0.05) is 0 Å². The Morgan fingerprint density at radius 1 is 1.21 bits per heavy atom. The first kappa shape index (κ1) is 17.3. The van der Waals surface area contributed by atoms with Crippen LogP contribution in [0.2, 0.25) is 0 Å². The predicted octanol–water partition coefficient (Wildman–Crippen LogP) is 3.42. The summed E-state index contributed by atoms with van der Waals surface area (Å²) >= 11 is 0. The summed E-state index contributed by atoms with van der Waals surface area (Å²) in [4.78, 5) is 21.3. The molecule has 126 valence electrons. The smallest absolute Gasteiger partial charge is 0.293 e. The fourth-order valence-electron chi connectivity index (χ4n) is 2.21. The minimum atomic E-state index is -0.778. The lowest BCUT2D eigenvalue weighted by Crippen LogP contribution is -2.05. The van der Waals surface area contributed by atoms with Gasteiger partial charge in [-0.3, -0.25) is 14.9 Å². The molecule has 7 nitrogen and oxygen atoms in total. The van der Waals surface area contributed by atoms with Crippen molar-refractivity contribution in [3.8, 4) is 11.5 Å².